The Kier molecular flexibility index (Phi) is 11.9. The maximum atomic E-state index is 12.2. The summed E-state index contributed by atoms with van der Waals surface area (Å²) >= 11 is 0. The molecule has 0 aromatic rings. The second-order valence-electron chi connectivity index (χ2n) is 8.55. The molecule has 0 saturated carbocycles. The van der Waals surface area contributed by atoms with Crippen LogP contribution in [0.25, 0.3) is 0 Å². The van der Waals surface area contributed by atoms with E-state index >= 15 is 0 Å². The molecule has 0 bridgehead atoms. The maximum Gasteiger partial charge on any atom is 0.306 e. The molecule has 28 heavy (non-hydrogen) atoms. The molecule has 6 nitrogen and oxygen atoms in total. The van der Waals surface area contributed by atoms with Gasteiger partial charge < -0.3 is 19.9 Å². The van der Waals surface area contributed by atoms with E-state index in [0.29, 0.717) is 32.7 Å². The second-order valence-corrected chi connectivity index (χ2v) is 11.3. The number of carbonyl (C=O) groups is 2. The normalized spacial score (nSPS) is 17.6. The van der Waals surface area contributed by atoms with Gasteiger partial charge in [-0.15, -0.1) is 0 Å². The first-order valence-corrected chi connectivity index (χ1v) is 12.5. The third-order valence-electron chi connectivity index (χ3n) is 4.55. The molecule has 0 radical (unpaired) electrons. The number of aliphatic carboxylic acids is 1. The number of hydrogen-bond donors (Lipinski definition) is 2. The van der Waals surface area contributed by atoms with Crippen LogP contribution in [0.5, 0.6) is 0 Å². The molecule has 1 rings (SSSR count). The van der Waals surface area contributed by atoms with Gasteiger partial charge in [0.25, 0.3) is 0 Å². The van der Waals surface area contributed by atoms with Gasteiger partial charge in [0.05, 0.1) is 25.2 Å². The fourth-order valence-electron chi connectivity index (χ4n) is 2.95. The van der Waals surface area contributed by atoms with Crippen LogP contribution in [0.3, 0.4) is 0 Å². The van der Waals surface area contributed by atoms with E-state index in [2.05, 4.69) is 5.32 Å². The zero-order valence-corrected chi connectivity index (χ0v) is 19.4. The van der Waals surface area contributed by atoms with Crippen molar-refractivity contribution in [3.8, 4) is 0 Å². The lowest BCUT2D eigenvalue weighted by molar-refractivity contribution is -0.144. The van der Waals surface area contributed by atoms with Gasteiger partial charge in [-0.1, -0.05) is 28.0 Å². The molecular weight excluding hydrogens is 398 g/mol. The summed E-state index contributed by atoms with van der Waals surface area (Å²) in [5.41, 5.74) is -1.00. The van der Waals surface area contributed by atoms with Crippen molar-refractivity contribution >= 4 is 33.5 Å². The third-order valence-corrected chi connectivity index (χ3v) is 7.56. The molecule has 2 N–H and O–H groups in total. The molecule has 1 fully saturated rings. The van der Waals surface area contributed by atoms with Gasteiger partial charge in [-0.25, -0.2) is 0 Å². The van der Waals surface area contributed by atoms with Crippen LogP contribution in [-0.4, -0.2) is 58.9 Å². The van der Waals surface area contributed by atoms with Crippen LogP contribution < -0.4 is 5.32 Å². The zero-order valence-electron chi connectivity index (χ0n) is 17.8. The van der Waals surface area contributed by atoms with E-state index in [-0.39, 0.29) is 17.9 Å². The number of nitrogens with one attached hydrogen (secondary N) is 1. The van der Waals surface area contributed by atoms with Gasteiger partial charge in [-0.3, -0.25) is 9.59 Å². The number of carbonyl (C=O) groups excluding carboxylic acids is 1. The minimum atomic E-state index is -0.875. The highest BCUT2D eigenvalue weighted by atomic mass is 33.1. The summed E-state index contributed by atoms with van der Waals surface area (Å²) in [5, 5.41) is 12.7. The summed E-state index contributed by atoms with van der Waals surface area (Å²) in [6.45, 7) is 8.80. The summed E-state index contributed by atoms with van der Waals surface area (Å²) in [6, 6.07) is 0. The van der Waals surface area contributed by atoms with E-state index in [1.807, 2.05) is 35.4 Å². The number of unbranched alkanes of at least 4 members (excludes halogenated alkanes) is 1. The van der Waals surface area contributed by atoms with Crippen molar-refractivity contribution in [3.05, 3.63) is 0 Å². The van der Waals surface area contributed by atoms with E-state index in [1.54, 1.807) is 13.8 Å². The largest absolute Gasteiger partial charge is 0.481 e. The topological polar surface area (TPSA) is 84.9 Å². The predicted octanol–water partition coefficient (Wildman–Crippen LogP) is 4.27. The summed E-state index contributed by atoms with van der Waals surface area (Å²) in [5.74, 6) is 0.496. The Morgan fingerprint density at radius 1 is 1.14 bits per heavy atom. The summed E-state index contributed by atoms with van der Waals surface area (Å²) in [6.07, 6.45) is 5.85. The summed E-state index contributed by atoms with van der Waals surface area (Å²) in [7, 11) is 3.96. The van der Waals surface area contributed by atoms with Crippen LogP contribution in [0, 0.1) is 0 Å². The number of carboxylic acids is 1. The van der Waals surface area contributed by atoms with Crippen molar-refractivity contribution in [1.29, 1.82) is 0 Å². The molecule has 1 aliphatic heterocycles. The van der Waals surface area contributed by atoms with Gasteiger partial charge in [0.15, 0.2) is 0 Å². The number of amides is 1. The van der Waals surface area contributed by atoms with E-state index in [9.17, 15) is 9.59 Å². The van der Waals surface area contributed by atoms with Crippen LogP contribution in [0.15, 0.2) is 0 Å². The SMILES string of the molecule is CC(C)(CCOCCOC(C)(C)CC(=O)O)NC(=O)CCCCC1CCSS1. The minimum Gasteiger partial charge on any atom is -0.481 e. The number of rotatable bonds is 15. The molecule has 1 aliphatic rings. The Bertz CT molecular complexity index is 479. The van der Waals surface area contributed by atoms with E-state index in [1.165, 1.54) is 18.6 Å². The van der Waals surface area contributed by atoms with E-state index in [0.717, 1.165) is 18.1 Å². The Morgan fingerprint density at radius 3 is 2.54 bits per heavy atom. The Morgan fingerprint density at radius 2 is 1.89 bits per heavy atom. The Labute approximate surface area is 177 Å². The number of ether oxygens (including phenoxy) is 2. The first kappa shape index (κ1) is 25.6. The lowest BCUT2D eigenvalue weighted by Gasteiger charge is -2.27. The quantitative estimate of drug-likeness (QED) is 0.293. The predicted molar refractivity (Wildman–Crippen MR) is 117 cm³/mol. The fourth-order valence-corrected chi connectivity index (χ4v) is 5.97. The lowest BCUT2D eigenvalue weighted by atomic mass is 10.0. The van der Waals surface area contributed by atoms with Gasteiger partial charge in [-0.2, -0.15) is 0 Å². The average Bonchev–Trinajstić information content (AvgIpc) is 3.06. The molecule has 164 valence electrons. The van der Waals surface area contributed by atoms with Crippen molar-refractivity contribution in [3.63, 3.8) is 0 Å². The van der Waals surface area contributed by atoms with Gasteiger partial charge in [0.1, 0.15) is 0 Å². The minimum absolute atomic E-state index is 0.0372. The highest BCUT2D eigenvalue weighted by Crippen LogP contribution is 2.39. The van der Waals surface area contributed by atoms with Gasteiger partial charge in [-0.05, 0) is 53.4 Å². The molecule has 0 spiro atoms. The average molecular weight is 436 g/mol. The van der Waals surface area contributed by atoms with Gasteiger partial charge >= 0.3 is 5.97 Å². The molecule has 1 saturated heterocycles. The van der Waals surface area contributed by atoms with Crippen molar-refractivity contribution in [2.75, 3.05) is 25.6 Å². The summed E-state index contributed by atoms with van der Waals surface area (Å²) in [4.78, 5) is 22.9. The molecule has 8 heteroatoms. The molecule has 1 atom stereocenters. The Balaban J connectivity index is 2.06. The molecule has 1 unspecified atom stereocenters. The van der Waals surface area contributed by atoms with Crippen LogP contribution in [0.1, 0.15) is 72.6 Å². The number of hydrogen-bond acceptors (Lipinski definition) is 6. The smallest absolute Gasteiger partial charge is 0.306 e. The standard InChI is InChI=1S/C20H37NO5S2/c1-19(2,10-11-25-12-13-26-20(3,4)15-18(23)24)21-17(22)8-6-5-7-16-9-14-27-28-16/h16H,5-15H2,1-4H3,(H,21,22)(H,23,24). The zero-order chi connectivity index (χ0) is 21.0. The fraction of sp³-hybridized carbons (Fsp3) is 0.900. The van der Waals surface area contributed by atoms with Crippen LogP contribution in [-0.2, 0) is 19.1 Å². The molecule has 0 aromatic heterocycles. The van der Waals surface area contributed by atoms with Crippen molar-refractivity contribution < 1.29 is 24.2 Å². The van der Waals surface area contributed by atoms with Crippen molar-refractivity contribution in [2.45, 2.75) is 89.0 Å². The monoisotopic (exact) mass is 435 g/mol. The molecular formula is C20H37NO5S2. The first-order valence-electron chi connectivity index (χ1n) is 10.1. The van der Waals surface area contributed by atoms with Gasteiger partial charge in [0.2, 0.25) is 5.91 Å². The molecule has 1 heterocycles. The molecule has 0 aliphatic carbocycles. The van der Waals surface area contributed by atoms with E-state index < -0.39 is 11.6 Å². The highest BCUT2D eigenvalue weighted by Gasteiger charge is 2.23. The second kappa shape index (κ2) is 13.0. The number of carboxylic acid groups (broad SMARTS) is 1. The molecule has 1 amide bonds. The van der Waals surface area contributed by atoms with Crippen LogP contribution in [0.2, 0.25) is 0 Å². The van der Waals surface area contributed by atoms with Crippen LogP contribution >= 0.6 is 21.6 Å². The van der Waals surface area contributed by atoms with Crippen LogP contribution in [0.4, 0.5) is 0 Å². The van der Waals surface area contributed by atoms with Crippen molar-refractivity contribution in [2.24, 2.45) is 0 Å². The molecule has 0 aromatic carbocycles. The van der Waals surface area contributed by atoms with E-state index in [4.69, 9.17) is 14.6 Å². The van der Waals surface area contributed by atoms with Crippen molar-refractivity contribution in [1.82, 2.24) is 5.32 Å². The highest BCUT2D eigenvalue weighted by molar-refractivity contribution is 8.77. The maximum absolute atomic E-state index is 12.2. The van der Waals surface area contributed by atoms with Gasteiger partial charge in [0, 0.05) is 29.6 Å². The Hall–Kier alpha value is -0.440. The summed E-state index contributed by atoms with van der Waals surface area (Å²) < 4.78 is 11.1. The third kappa shape index (κ3) is 12.9. The first-order chi connectivity index (χ1) is 13.1. The lowest BCUT2D eigenvalue weighted by Crippen LogP contribution is -2.44.